The molecule has 140 valence electrons. The van der Waals surface area contributed by atoms with Gasteiger partial charge in [0.1, 0.15) is 0 Å². The van der Waals surface area contributed by atoms with Crippen LogP contribution in [-0.2, 0) is 0 Å². The van der Waals surface area contributed by atoms with Crippen molar-refractivity contribution in [3.05, 3.63) is 51.6 Å². The molecule has 2 aromatic carbocycles. The van der Waals surface area contributed by atoms with Crippen LogP contribution in [0, 0.1) is 3.57 Å². The number of amides is 1. The molecule has 6 heteroatoms. The fourth-order valence-electron chi connectivity index (χ4n) is 2.61. The number of rotatable bonds is 9. The van der Waals surface area contributed by atoms with Crippen LogP contribution in [0.4, 0.5) is 5.69 Å². The first-order valence-electron chi connectivity index (χ1n) is 8.52. The molecule has 0 aliphatic heterocycles. The maximum atomic E-state index is 12.4. The van der Waals surface area contributed by atoms with Crippen LogP contribution in [0.5, 0.6) is 11.5 Å². The lowest BCUT2D eigenvalue weighted by atomic mass is 10.2. The molecule has 2 rings (SSSR count). The Hall–Kier alpha value is -1.96. The van der Waals surface area contributed by atoms with Crippen molar-refractivity contribution < 1.29 is 14.3 Å². The first kappa shape index (κ1) is 20.4. The molecule has 2 aromatic rings. The van der Waals surface area contributed by atoms with E-state index in [4.69, 9.17) is 9.47 Å². The highest BCUT2D eigenvalue weighted by molar-refractivity contribution is 14.1. The minimum Gasteiger partial charge on any atom is -0.493 e. The zero-order chi connectivity index (χ0) is 18.9. The summed E-state index contributed by atoms with van der Waals surface area (Å²) in [6, 6.07) is 13.8. The number of ether oxygens (including phenoxy) is 2. The van der Waals surface area contributed by atoms with Crippen LogP contribution < -0.4 is 19.7 Å². The lowest BCUT2D eigenvalue weighted by molar-refractivity contribution is 0.0951. The molecule has 0 spiro atoms. The summed E-state index contributed by atoms with van der Waals surface area (Å²) in [6.45, 7) is 1.60. The second-order valence-corrected chi connectivity index (χ2v) is 7.07. The van der Waals surface area contributed by atoms with Gasteiger partial charge in [0.2, 0.25) is 0 Å². The van der Waals surface area contributed by atoms with Gasteiger partial charge in [-0.3, -0.25) is 4.79 Å². The molecule has 0 unspecified atom stereocenters. The molecule has 0 aromatic heterocycles. The van der Waals surface area contributed by atoms with E-state index in [-0.39, 0.29) is 5.91 Å². The second-order valence-electron chi connectivity index (χ2n) is 5.91. The summed E-state index contributed by atoms with van der Waals surface area (Å²) in [5.74, 6) is 1.09. The molecule has 0 bridgehead atoms. The average molecular weight is 468 g/mol. The number of benzene rings is 2. The monoisotopic (exact) mass is 468 g/mol. The number of anilines is 1. The van der Waals surface area contributed by atoms with Crippen molar-refractivity contribution in [2.75, 3.05) is 39.3 Å². The van der Waals surface area contributed by atoms with Gasteiger partial charge in [0.25, 0.3) is 5.91 Å². The van der Waals surface area contributed by atoms with E-state index >= 15 is 0 Å². The normalized spacial score (nSPS) is 10.3. The molecule has 1 amide bonds. The highest BCUT2D eigenvalue weighted by atomic mass is 127. The summed E-state index contributed by atoms with van der Waals surface area (Å²) in [5.41, 5.74) is 1.81. The van der Waals surface area contributed by atoms with Crippen LogP contribution in [-0.4, -0.2) is 40.3 Å². The summed E-state index contributed by atoms with van der Waals surface area (Å²) in [7, 11) is 5.23. The highest BCUT2D eigenvalue weighted by Crippen LogP contribution is 2.31. The van der Waals surface area contributed by atoms with Gasteiger partial charge < -0.3 is 19.7 Å². The van der Waals surface area contributed by atoms with E-state index in [0.717, 1.165) is 23.0 Å². The number of nitrogens with one attached hydrogen (secondary N) is 1. The Morgan fingerprint density at radius 1 is 1.08 bits per heavy atom. The van der Waals surface area contributed by atoms with Gasteiger partial charge >= 0.3 is 0 Å². The van der Waals surface area contributed by atoms with Gasteiger partial charge in [0, 0.05) is 29.4 Å². The predicted molar refractivity (Wildman–Crippen MR) is 114 cm³/mol. The van der Waals surface area contributed by atoms with E-state index < -0.39 is 0 Å². The van der Waals surface area contributed by atoms with Crippen LogP contribution in [0.2, 0.25) is 0 Å². The zero-order valence-corrected chi connectivity index (χ0v) is 17.6. The fraction of sp³-hybridized carbons (Fsp3) is 0.350. The SMILES string of the molecule is COc1cc(I)c(C(=O)NCCCCN(C)c2ccccc2)cc1OC. The average Bonchev–Trinajstić information content (AvgIpc) is 2.67. The molecule has 1 N–H and O–H groups in total. The molecule has 0 aliphatic carbocycles. The third-order valence-corrected chi connectivity index (χ3v) is 5.01. The number of carbonyl (C=O) groups is 1. The van der Waals surface area contributed by atoms with E-state index in [1.165, 1.54) is 5.69 Å². The van der Waals surface area contributed by atoms with Crippen LogP contribution >= 0.6 is 22.6 Å². The Morgan fingerprint density at radius 3 is 2.38 bits per heavy atom. The van der Waals surface area contributed by atoms with Gasteiger partial charge in [-0.1, -0.05) is 18.2 Å². The standard InChI is InChI=1S/C20H25IN2O3/c1-23(15-9-5-4-6-10-15)12-8-7-11-22-20(24)16-13-18(25-2)19(26-3)14-17(16)21/h4-6,9-10,13-14H,7-8,11-12H2,1-3H3,(H,22,24). The number of para-hydroxylation sites is 1. The number of carbonyl (C=O) groups excluding carboxylic acids is 1. The van der Waals surface area contributed by atoms with Crippen molar-refractivity contribution in [3.63, 3.8) is 0 Å². The molecule has 26 heavy (non-hydrogen) atoms. The van der Waals surface area contributed by atoms with Crippen molar-refractivity contribution in [3.8, 4) is 11.5 Å². The Kier molecular flexibility index (Phi) is 8.03. The molecule has 0 saturated heterocycles. The van der Waals surface area contributed by atoms with Gasteiger partial charge in [0.05, 0.1) is 19.8 Å². The largest absolute Gasteiger partial charge is 0.493 e. The van der Waals surface area contributed by atoms with Crippen LogP contribution in [0.3, 0.4) is 0 Å². The molecule has 5 nitrogen and oxygen atoms in total. The first-order chi connectivity index (χ1) is 12.6. The molecule has 0 heterocycles. The van der Waals surface area contributed by atoms with Crippen LogP contribution in [0.25, 0.3) is 0 Å². The second kappa shape index (κ2) is 10.3. The minimum atomic E-state index is -0.0910. The minimum absolute atomic E-state index is 0.0910. The lowest BCUT2D eigenvalue weighted by Gasteiger charge is -2.19. The fourth-order valence-corrected chi connectivity index (χ4v) is 3.29. The first-order valence-corrected chi connectivity index (χ1v) is 9.60. The van der Waals surface area contributed by atoms with Crippen molar-refractivity contribution in [1.82, 2.24) is 5.32 Å². The van der Waals surface area contributed by atoms with Gasteiger partial charge in [-0.2, -0.15) is 0 Å². The van der Waals surface area contributed by atoms with E-state index in [2.05, 4.69) is 52.0 Å². The Balaban J connectivity index is 1.80. The molecular weight excluding hydrogens is 443 g/mol. The summed E-state index contributed by atoms with van der Waals surface area (Å²) in [4.78, 5) is 14.7. The van der Waals surface area contributed by atoms with E-state index in [9.17, 15) is 4.79 Å². The van der Waals surface area contributed by atoms with Crippen molar-refractivity contribution in [2.45, 2.75) is 12.8 Å². The van der Waals surface area contributed by atoms with Gasteiger partial charge in [-0.15, -0.1) is 0 Å². The van der Waals surface area contributed by atoms with Crippen LogP contribution in [0.1, 0.15) is 23.2 Å². The number of hydrogen-bond acceptors (Lipinski definition) is 4. The van der Waals surface area contributed by atoms with Gasteiger partial charge in [0.15, 0.2) is 11.5 Å². The quantitative estimate of drug-likeness (QED) is 0.448. The zero-order valence-electron chi connectivity index (χ0n) is 15.4. The summed E-state index contributed by atoms with van der Waals surface area (Å²) < 4.78 is 11.4. The molecule has 0 atom stereocenters. The molecule has 0 aliphatic rings. The van der Waals surface area contributed by atoms with Crippen molar-refractivity contribution in [1.29, 1.82) is 0 Å². The predicted octanol–water partition coefficient (Wildman–Crippen LogP) is 3.95. The smallest absolute Gasteiger partial charge is 0.252 e. The third kappa shape index (κ3) is 5.52. The number of unbranched alkanes of at least 4 members (excludes halogenated alkanes) is 1. The summed E-state index contributed by atoms with van der Waals surface area (Å²) in [6.07, 6.45) is 1.93. The molecule has 0 fully saturated rings. The van der Waals surface area contributed by atoms with Crippen molar-refractivity contribution >= 4 is 34.2 Å². The third-order valence-electron chi connectivity index (χ3n) is 4.12. The molecule has 0 radical (unpaired) electrons. The van der Waals surface area contributed by atoms with Crippen molar-refractivity contribution in [2.24, 2.45) is 0 Å². The van der Waals surface area contributed by atoms with E-state index in [1.54, 1.807) is 20.3 Å². The Morgan fingerprint density at radius 2 is 1.73 bits per heavy atom. The number of hydrogen-bond donors (Lipinski definition) is 1. The topological polar surface area (TPSA) is 50.8 Å². The lowest BCUT2D eigenvalue weighted by Crippen LogP contribution is -2.26. The Bertz CT molecular complexity index is 722. The summed E-state index contributed by atoms with van der Waals surface area (Å²) in [5, 5.41) is 2.98. The number of halogens is 1. The van der Waals surface area contributed by atoms with Gasteiger partial charge in [-0.25, -0.2) is 0 Å². The summed E-state index contributed by atoms with van der Waals surface area (Å²) >= 11 is 2.14. The molecule has 0 saturated carbocycles. The van der Waals surface area contributed by atoms with Gasteiger partial charge in [-0.05, 0) is 59.7 Å². The molecular formula is C20H25IN2O3. The van der Waals surface area contributed by atoms with E-state index in [0.29, 0.717) is 23.6 Å². The maximum Gasteiger partial charge on any atom is 0.252 e. The van der Waals surface area contributed by atoms with E-state index in [1.807, 2.05) is 24.3 Å². The maximum absolute atomic E-state index is 12.4. The highest BCUT2D eigenvalue weighted by Gasteiger charge is 2.15. The number of methoxy groups -OCH3 is 2. The Labute approximate surface area is 168 Å². The van der Waals surface area contributed by atoms with Crippen LogP contribution in [0.15, 0.2) is 42.5 Å². The number of nitrogens with zero attached hydrogens (tertiary/aromatic N) is 1.